The summed E-state index contributed by atoms with van der Waals surface area (Å²) in [4.78, 5) is 32.7. The van der Waals surface area contributed by atoms with Gasteiger partial charge in [0.25, 0.3) is 5.56 Å². The second-order valence-electron chi connectivity index (χ2n) is 9.15. The van der Waals surface area contributed by atoms with Gasteiger partial charge in [0.2, 0.25) is 5.91 Å². The molecule has 1 N–H and O–H groups in total. The summed E-state index contributed by atoms with van der Waals surface area (Å²) >= 11 is 2.93. The number of carbonyl (C=O) groups is 1. The Balaban J connectivity index is 1.53. The zero-order valence-corrected chi connectivity index (χ0v) is 20.5. The van der Waals surface area contributed by atoms with Crippen LogP contribution < -0.4 is 10.9 Å². The maximum Gasteiger partial charge on any atom is 0.263 e. The van der Waals surface area contributed by atoms with Crippen molar-refractivity contribution in [2.75, 3.05) is 11.1 Å². The quantitative estimate of drug-likeness (QED) is 0.293. The molecule has 32 heavy (non-hydrogen) atoms. The van der Waals surface area contributed by atoms with Crippen molar-refractivity contribution < 1.29 is 4.79 Å². The normalized spacial score (nSPS) is 13.7. The van der Waals surface area contributed by atoms with Crippen molar-refractivity contribution in [1.29, 1.82) is 0 Å². The van der Waals surface area contributed by atoms with Gasteiger partial charge in [0, 0.05) is 17.1 Å². The molecule has 5 nitrogen and oxygen atoms in total. The molecule has 0 spiro atoms. The zero-order chi connectivity index (χ0) is 22.9. The molecule has 168 valence electrons. The van der Waals surface area contributed by atoms with Crippen LogP contribution in [-0.2, 0) is 29.6 Å². The molecule has 1 amide bonds. The second-order valence-corrected chi connectivity index (χ2v) is 11.2. The van der Waals surface area contributed by atoms with Crippen molar-refractivity contribution in [3.8, 4) is 0 Å². The molecule has 0 saturated carbocycles. The van der Waals surface area contributed by atoms with Gasteiger partial charge in [-0.05, 0) is 54.4 Å². The fraction of sp³-hybridized carbons (Fsp3) is 0.400. The maximum atomic E-state index is 13.3. The number of amides is 1. The van der Waals surface area contributed by atoms with Gasteiger partial charge in [0.1, 0.15) is 4.83 Å². The average Bonchev–Trinajstić information content (AvgIpc) is 3.13. The van der Waals surface area contributed by atoms with Crippen LogP contribution in [0.4, 0.5) is 5.69 Å². The summed E-state index contributed by atoms with van der Waals surface area (Å²) in [6, 6.07) is 7.94. The number of aryl methyl sites for hydroxylation is 2. The molecule has 0 radical (unpaired) electrons. The number of hydrogen-bond acceptors (Lipinski definition) is 5. The monoisotopic (exact) mass is 467 g/mol. The molecule has 0 saturated heterocycles. The molecular formula is C25H29N3O2S2. The Morgan fingerprint density at radius 3 is 2.66 bits per heavy atom. The minimum atomic E-state index is -0.122. The highest BCUT2D eigenvalue weighted by Crippen LogP contribution is 2.34. The number of nitrogens with zero attached hydrogens (tertiary/aromatic N) is 2. The lowest BCUT2D eigenvalue weighted by Gasteiger charge is -2.19. The van der Waals surface area contributed by atoms with E-state index in [-0.39, 0.29) is 22.6 Å². The molecule has 0 unspecified atom stereocenters. The highest BCUT2D eigenvalue weighted by Gasteiger charge is 2.22. The summed E-state index contributed by atoms with van der Waals surface area (Å²) in [5.74, 6) is 0.0600. The number of allylic oxidation sites excluding steroid dienone is 1. The van der Waals surface area contributed by atoms with Crippen molar-refractivity contribution in [3.05, 3.63) is 63.3 Å². The van der Waals surface area contributed by atoms with Crippen molar-refractivity contribution >= 4 is 44.9 Å². The number of anilines is 1. The summed E-state index contributed by atoms with van der Waals surface area (Å²) in [6.07, 6.45) is 5.96. The smallest absolute Gasteiger partial charge is 0.263 e. The highest BCUT2D eigenvalue weighted by molar-refractivity contribution is 7.99. The lowest BCUT2D eigenvalue weighted by molar-refractivity contribution is -0.113. The van der Waals surface area contributed by atoms with Crippen molar-refractivity contribution in [2.24, 2.45) is 0 Å². The van der Waals surface area contributed by atoms with Crippen LogP contribution in [0.1, 0.15) is 49.6 Å². The Morgan fingerprint density at radius 2 is 1.97 bits per heavy atom. The van der Waals surface area contributed by atoms with E-state index in [9.17, 15) is 9.59 Å². The van der Waals surface area contributed by atoms with Gasteiger partial charge in [0.15, 0.2) is 5.16 Å². The molecule has 1 aromatic carbocycles. The van der Waals surface area contributed by atoms with Crippen LogP contribution >= 0.6 is 23.1 Å². The molecule has 0 bridgehead atoms. The number of thiophene rings is 1. The number of benzene rings is 1. The predicted octanol–water partition coefficient (Wildman–Crippen LogP) is 5.55. The van der Waals surface area contributed by atoms with E-state index < -0.39 is 0 Å². The largest absolute Gasteiger partial charge is 0.325 e. The van der Waals surface area contributed by atoms with Crippen LogP contribution in [0.25, 0.3) is 10.2 Å². The third-order valence-electron chi connectivity index (χ3n) is 5.72. The lowest BCUT2D eigenvalue weighted by Crippen LogP contribution is -2.24. The van der Waals surface area contributed by atoms with Gasteiger partial charge in [-0.2, -0.15) is 0 Å². The molecule has 1 aliphatic carbocycles. The van der Waals surface area contributed by atoms with Gasteiger partial charge in [-0.3, -0.25) is 14.2 Å². The second kappa shape index (κ2) is 9.24. The Morgan fingerprint density at radius 1 is 1.25 bits per heavy atom. The highest BCUT2D eigenvalue weighted by atomic mass is 32.2. The van der Waals surface area contributed by atoms with Crippen LogP contribution in [-0.4, -0.2) is 21.2 Å². The molecule has 2 aromatic heterocycles. The number of thioether (sulfide) groups is 1. The molecule has 2 heterocycles. The Kier molecular flexibility index (Phi) is 6.58. The third-order valence-corrected chi connectivity index (χ3v) is 7.88. The van der Waals surface area contributed by atoms with Crippen molar-refractivity contribution in [1.82, 2.24) is 9.55 Å². The molecular weight excluding hydrogens is 438 g/mol. The molecule has 0 atom stereocenters. The Labute approximate surface area is 197 Å². The minimum Gasteiger partial charge on any atom is -0.325 e. The summed E-state index contributed by atoms with van der Waals surface area (Å²) in [7, 11) is 0. The van der Waals surface area contributed by atoms with Crippen LogP contribution in [0.5, 0.6) is 0 Å². The van der Waals surface area contributed by atoms with Crippen LogP contribution in [0, 0.1) is 0 Å². The molecule has 1 aliphatic rings. The standard InChI is InChI=1S/C25H29N3O2S2/c1-5-14-28-23(30)21-18-8-6-7-9-19(18)32-22(21)27-24(28)31-15-20(29)26-17-12-10-16(11-13-17)25(2,3)4/h5,10-13H,1,6-9,14-15H2,2-4H3,(H,26,29). The van der Waals surface area contributed by atoms with Crippen molar-refractivity contribution in [3.63, 3.8) is 0 Å². The molecule has 3 aromatic rings. The Hall–Kier alpha value is -2.38. The summed E-state index contributed by atoms with van der Waals surface area (Å²) in [5, 5.41) is 4.27. The van der Waals surface area contributed by atoms with E-state index in [1.54, 1.807) is 22.0 Å². The van der Waals surface area contributed by atoms with Gasteiger partial charge in [0.05, 0.1) is 11.1 Å². The predicted molar refractivity (Wildman–Crippen MR) is 135 cm³/mol. The van der Waals surface area contributed by atoms with E-state index in [2.05, 4.69) is 32.7 Å². The summed E-state index contributed by atoms with van der Waals surface area (Å²) in [5.41, 5.74) is 3.21. The number of aromatic nitrogens is 2. The number of nitrogens with one attached hydrogen (secondary N) is 1. The lowest BCUT2D eigenvalue weighted by atomic mass is 9.87. The van der Waals surface area contributed by atoms with E-state index >= 15 is 0 Å². The van der Waals surface area contributed by atoms with E-state index in [1.165, 1.54) is 34.2 Å². The Bertz CT molecular complexity index is 1220. The maximum absolute atomic E-state index is 13.3. The van der Waals surface area contributed by atoms with E-state index in [0.29, 0.717) is 11.7 Å². The van der Waals surface area contributed by atoms with E-state index in [4.69, 9.17) is 4.98 Å². The van der Waals surface area contributed by atoms with Gasteiger partial charge < -0.3 is 5.32 Å². The molecule has 4 rings (SSSR count). The first-order chi connectivity index (χ1) is 15.3. The first-order valence-corrected chi connectivity index (χ1v) is 12.8. The van der Waals surface area contributed by atoms with Crippen LogP contribution in [0.2, 0.25) is 0 Å². The zero-order valence-electron chi connectivity index (χ0n) is 18.9. The van der Waals surface area contributed by atoms with Gasteiger partial charge in [-0.15, -0.1) is 17.9 Å². The number of hydrogen-bond donors (Lipinski definition) is 1. The molecule has 7 heteroatoms. The first kappa shape index (κ1) is 22.8. The summed E-state index contributed by atoms with van der Waals surface area (Å²) in [6.45, 7) is 10.7. The molecule has 0 aliphatic heterocycles. The van der Waals surface area contributed by atoms with Crippen molar-refractivity contribution in [2.45, 2.75) is 63.6 Å². The fourth-order valence-corrected chi connectivity index (χ4v) is 6.11. The number of fused-ring (bicyclic) bond motifs is 3. The van der Waals surface area contributed by atoms with Crippen LogP contribution in [0.3, 0.4) is 0 Å². The van der Waals surface area contributed by atoms with E-state index in [1.807, 2.05) is 24.3 Å². The topological polar surface area (TPSA) is 64.0 Å². The number of carbonyl (C=O) groups excluding carboxylic acids is 1. The third kappa shape index (κ3) is 4.69. The van der Waals surface area contributed by atoms with Crippen LogP contribution in [0.15, 0.2) is 46.9 Å². The first-order valence-electron chi connectivity index (χ1n) is 11.0. The summed E-state index contributed by atoms with van der Waals surface area (Å²) < 4.78 is 1.65. The SMILES string of the molecule is C=CCn1c(SCC(=O)Nc2ccc(C(C)(C)C)cc2)nc2sc3c(c2c1=O)CCCC3. The van der Waals surface area contributed by atoms with Gasteiger partial charge >= 0.3 is 0 Å². The number of rotatable bonds is 6. The fourth-order valence-electron chi connectivity index (χ4n) is 4.00. The minimum absolute atomic E-state index is 0.0185. The van der Waals surface area contributed by atoms with Gasteiger partial charge in [-0.1, -0.05) is 50.7 Å². The average molecular weight is 468 g/mol. The van der Waals surface area contributed by atoms with E-state index in [0.717, 1.165) is 35.2 Å². The van der Waals surface area contributed by atoms with Gasteiger partial charge in [-0.25, -0.2) is 4.98 Å². The molecule has 0 fully saturated rings.